The predicted octanol–water partition coefficient (Wildman–Crippen LogP) is -0.440. The van der Waals surface area contributed by atoms with Gasteiger partial charge in [0.05, 0.1) is 0 Å². The molecule has 2 aromatic rings. The van der Waals surface area contributed by atoms with E-state index in [0.29, 0.717) is 0 Å². The number of nitrogens with one attached hydrogen (secondary N) is 1. The van der Waals surface area contributed by atoms with Crippen LogP contribution in [-0.4, -0.2) is 70.9 Å². The molecule has 14 heteroatoms. The molecule has 2 aliphatic heterocycles. The van der Waals surface area contributed by atoms with Crippen molar-refractivity contribution in [1.82, 2.24) is 15.0 Å². The van der Waals surface area contributed by atoms with E-state index in [1.807, 2.05) is 0 Å². The zero-order valence-electron chi connectivity index (χ0n) is 18.6. The van der Waals surface area contributed by atoms with Crippen LogP contribution in [0.15, 0.2) is 30.3 Å². The molecule has 0 aliphatic carbocycles. The maximum absolute atomic E-state index is 14.8. The quantitative estimate of drug-likeness (QED) is 0.445. The summed E-state index contributed by atoms with van der Waals surface area (Å²) in [5.74, 6) is -8.73. The lowest BCUT2D eigenvalue weighted by Gasteiger charge is -2.33. The third kappa shape index (κ3) is 4.34. The van der Waals surface area contributed by atoms with Gasteiger partial charge < -0.3 is 9.71 Å². The van der Waals surface area contributed by atoms with E-state index in [4.69, 9.17) is 43.1 Å². The number of hydrogen-bond donors (Lipinski definition) is 1. The van der Waals surface area contributed by atoms with E-state index in [1.165, 1.54) is 18.2 Å². The highest BCUT2D eigenvalue weighted by Crippen LogP contribution is 2.34. The number of carbonyl (C=O) groups excluding carboxylic acids is 4. The van der Waals surface area contributed by atoms with E-state index < -0.39 is 53.6 Å². The summed E-state index contributed by atoms with van der Waals surface area (Å²) in [5.41, 5.74) is -0.689. The van der Waals surface area contributed by atoms with Gasteiger partial charge in [0.1, 0.15) is 29.6 Å². The molecule has 0 saturated carbocycles. The van der Waals surface area contributed by atoms with Gasteiger partial charge in [-0.25, -0.2) is 0 Å². The Morgan fingerprint density at radius 2 is 1.83 bits per heavy atom. The van der Waals surface area contributed by atoms with Gasteiger partial charge in [-0.2, -0.15) is 8.78 Å². The summed E-state index contributed by atoms with van der Waals surface area (Å²) in [6.07, 6.45) is 0.0567. The molecule has 1 fully saturated rings. The van der Waals surface area contributed by atoms with Crippen molar-refractivity contribution in [3.63, 3.8) is 0 Å². The van der Waals surface area contributed by atoms with Crippen molar-refractivity contribution in [1.29, 1.82) is 0 Å². The van der Waals surface area contributed by atoms with Crippen LogP contribution >= 0.6 is 11.6 Å². The molecule has 36 heavy (non-hydrogen) atoms. The van der Waals surface area contributed by atoms with Crippen molar-refractivity contribution < 1.29 is 28.0 Å². The Morgan fingerprint density at radius 3 is 2.44 bits per heavy atom. The highest BCUT2D eigenvalue weighted by atomic mass is 35.5. The second-order valence-electron chi connectivity index (χ2n) is 8.47. The molecule has 1 saturated heterocycles. The molecule has 0 bridgehead atoms. The summed E-state index contributed by atoms with van der Waals surface area (Å²) < 4.78 is 29.5. The number of piperidine rings is 1. The van der Waals surface area contributed by atoms with Gasteiger partial charge in [-0.15, -0.1) is 0 Å². The molecule has 0 spiro atoms. The van der Waals surface area contributed by atoms with E-state index in [0.717, 1.165) is 17.0 Å². The molecule has 2 atom stereocenters. The summed E-state index contributed by atoms with van der Waals surface area (Å²) in [7, 11) is 24.2. The Bertz CT molecular complexity index is 1300. The number of fused-ring (bicyclic) bond motifs is 1. The van der Waals surface area contributed by atoms with Gasteiger partial charge in [0, 0.05) is 35.1 Å². The zero-order valence-corrected chi connectivity index (χ0v) is 19.4. The maximum Gasteiger partial charge on any atom is 0.348 e. The van der Waals surface area contributed by atoms with E-state index in [9.17, 15) is 28.0 Å². The lowest BCUT2D eigenvalue weighted by atomic mass is 9.72. The highest BCUT2D eigenvalue weighted by molar-refractivity contribution is 6.43. The van der Waals surface area contributed by atoms with Crippen LogP contribution in [0.1, 0.15) is 45.8 Å². The minimum atomic E-state index is -3.97. The van der Waals surface area contributed by atoms with E-state index in [1.54, 1.807) is 0 Å². The maximum atomic E-state index is 14.8. The molecular formula is C22H14B4ClF2N3O4. The Balaban J connectivity index is 1.62. The summed E-state index contributed by atoms with van der Waals surface area (Å²) in [6, 6.07) is 4.63. The first-order valence-corrected chi connectivity index (χ1v) is 11.1. The van der Waals surface area contributed by atoms with Crippen LogP contribution in [0.4, 0.5) is 8.78 Å². The first-order chi connectivity index (χ1) is 16.8. The second kappa shape index (κ2) is 9.42. The van der Waals surface area contributed by atoms with Gasteiger partial charge in [-0.1, -0.05) is 40.7 Å². The van der Waals surface area contributed by atoms with Gasteiger partial charge in [0.15, 0.2) is 0 Å². The van der Waals surface area contributed by atoms with Crippen LogP contribution in [0.5, 0.6) is 0 Å². The fourth-order valence-electron chi connectivity index (χ4n) is 4.37. The number of imide groups is 1. The number of alkyl halides is 2. The van der Waals surface area contributed by atoms with Gasteiger partial charge in [0.25, 0.3) is 11.8 Å². The monoisotopic (exact) mass is 501 g/mol. The van der Waals surface area contributed by atoms with Crippen LogP contribution in [0.3, 0.4) is 0 Å². The topological polar surface area (TPSA) is 86.8 Å². The summed E-state index contributed by atoms with van der Waals surface area (Å²) in [6.45, 7) is -0.579. The fraction of sp³-hybridized carbons (Fsp3) is 0.273. The van der Waals surface area contributed by atoms with Crippen LogP contribution in [-0.2, 0) is 26.9 Å². The molecule has 1 N–H and O–H groups in total. The zero-order chi connectivity index (χ0) is 26.5. The Labute approximate surface area is 215 Å². The fourth-order valence-corrected chi connectivity index (χ4v) is 4.50. The van der Waals surface area contributed by atoms with Gasteiger partial charge in [0.2, 0.25) is 19.8 Å². The van der Waals surface area contributed by atoms with Crippen molar-refractivity contribution in [2.24, 2.45) is 0 Å². The van der Waals surface area contributed by atoms with E-state index in [2.05, 4.69) is 5.32 Å². The third-order valence-electron chi connectivity index (χ3n) is 6.19. The number of benzene rings is 2. The summed E-state index contributed by atoms with van der Waals surface area (Å²) >= 11 is 5.72. The largest absolute Gasteiger partial charge is 0.387 e. The first-order valence-electron chi connectivity index (χ1n) is 10.7. The van der Waals surface area contributed by atoms with Gasteiger partial charge in [-0.3, -0.25) is 24.5 Å². The molecule has 7 nitrogen and oxygen atoms in total. The van der Waals surface area contributed by atoms with Crippen LogP contribution in [0.25, 0.3) is 0 Å². The highest BCUT2D eigenvalue weighted by Gasteiger charge is 2.45. The predicted molar refractivity (Wildman–Crippen MR) is 130 cm³/mol. The molecule has 2 aliphatic rings. The molecule has 2 unspecified atom stereocenters. The van der Waals surface area contributed by atoms with Crippen molar-refractivity contribution in [2.75, 3.05) is 0 Å². The minimum absolute atomic E-state index is 0.00550. The number of hydrogen-bond acceptors (Lipinski definition) is 4. The lowest BCUT2D eigenvalue weighted by molar-refractivity contribution is -0.154. The first kappa shape index (κ1) is 26.0. The molecule has 8 radical (unpaired) electrons. The number of rotatable bonds is 5. The normalized spacial score (nSPS) is 19.8. The average molecular weight is 501 g/mol. The van der Waals surface area contributed by atoms with Crippen molar-refractivity contribution in [3.8, 4) is 0 Å². The smallest absolute Gasteiger partial charge is 0.348 e. The van der Waals surface area contributed by atoms with Gasteiger partial charge in [-0.05, 0) is 29.7 Å². The average Bonchev–Trinajstić information content (AvgIpc) is 3.08. The molecule has 4 rings (SSSR count). The van der Waals surface area contributed by atoms with Gasteiger partial charge >= 0.3 is 5.92 Å². The Kier molecular flexibility index (Phi) is 6.81. The summed E-state index contributed by atoms with van der Waals surface area (Å²) in [5, 5.41) is 2.37. The third-order valence-corrected chi connectivity index (χ3v) is 6.44. The number of amides is 4. The number of nitrogens with zero attached hydrogens (tertiary/aromatic N) is 2. The van der Waals surface area contributed by atoms with Crippen molar-refractivity contribution in [2.45, 2.75) is 37.3 Å². The van der Waals surface area contributed by atoms with Crippen molar-refractivity contribution in [3.05, 3.63) is 57.6 Å². The lowest BCUT2D eigenvalue weighted by Crippen LogP contribution is -2.53. The van der Waals surface area contributed by atoms with E-state index in [-0.39, 0.29) is 50.3 Å². The molecule has 174 valence electrons. The molecular weight excluding hydrogens is 487 g/mol. The Hall–Kier alpha value is -3.07. The SMILES string of the molecule is [B]c1cc(CN([B])C(=O)C(F)(F)c2ccc(Cl)cc2)c([B])c2c1C(=O)N(C1CCC(=O)NC1=O)C2[B]. The van der Waals surface area contributed by atoms with Crippen molar-refractivity contribution >= 4 is 77.7 Å². The minimum Gasteiger partial charge on any atom is -0.387 e. The standard InChI is InChI=1S/C22H14B4ClF2N3O4/c23-12-7-9(8-31(26)21(36)22(28,29)10-1-3-11(27)4-2-10)17(24)16-15(12)20(35)32(18(16)25)13-5-6-14(33)30-19(13)34/h1-4,7,13,18H,5-6,8H2,(H,30,33,34). The molecule has 4 amide bonds. The van der Waals surface area contributed by atoms with Crippen LogP contribution < -0.4 is 16.2 Å². The van der Waals surface area contributed by atoms with Crippen LogP contribution in [0, 0.1) is 0 Å². The number of halogens is 3. The van der Waals surface area contributed by atoms with Crippen LogP contribution in [0.2, 0.25) is 5.02 Å². The Morgan fingerprint density at radius 1 is 1.19 bits per heavy atom. The second-order valence-corrected chi connectivity index (χ2v) is 8.90. The molecule has 2 aromatic carbocycles. The summed E-state index contributed by atoms with van der Waals surface area (Å²) in [4.78, 5) is 50.8. The molecule has 2 heterocycles. The van der Waals surface area contributed by atoms with E-state index >= 15 is 0 Å². The number of carbonyl (C=O) groups is 4. The molecule has 0 aromatic heterocycles.